The van der Waals surface area contributed by atoms with Gasteiger partial charge >= 0.3 is 34.1 Å². The Hall–Kier alpha value is -1.01. The number of phenols is 1. The summed E-state index contributed by atoms with van der Waals surface area (Å²) in [4.78, 5) is 4.25. The molecule has 4 nitrogen and oxygen atoms in total. The summed E-state index contributed by atoms with van der Waals surface area (Å²) in [5.74, 6) is 0.247. The second-order valence-corrected chi connectivity index (χ2v) is 8.16. The van der Waals surface area contributed by atoms with Crippen molar-refractivity contribution in [3.63, 3.8) is 0 Å². The van der Waals surface area contributed by atoms with Crippen LogP contribution >= 0.6 is 19.7 Å². The van der Waals surface area contributed by atoms with Crippen molar-refractivity contribution in [2.45, 2.75) is 25.7 Å². The predicted molar refractivity (Wildman–Crippen MR) is 114 cm³/mol. The molecule has 0 atom stereocenters. The molecule has 4 rings (SSSR count). The molecular weight excluding hydrogens is 436 g/mol. The van der Waals surface area contributed by atoms with Gasteiger partial charge < -0.3 is 14.6 Å². The van der Waals surface area contributed by atoms with Crippen molar-refractivity contribution in [3.05, 3.63) is 60.2 Å². The van der Waals surface area contributed by atoms with E-state index >= 15 is 0 Å². The Morgan fingerprint density at radius 3 is 1.68 bits per heavy atom. The fourth-order valence-corrected chi connectivity index (χ4v) is 2.28. The molecule has 0 saturated carbocycles. The van der Waals surface area contributed by atoms with E-state index in [1.165, 1.54) is 25.7 Å². The monoisotopic (exact) mass is 462 g/mol. The predicted octanol–water partition coefficient (Wildman–Crippen LogP) is 6.11. The van der Waals surface area contributed by atoms with Crippen LogP contribution in [-0.4, -0.2) is 37.7 Å². The van der Waals surface area contributed by atoms with Gasteiger partial charge in [0, 0.05) is 38.2 Å². The number of halogens is 2. The van der Waals surface area contributed by atoms with E-state index in [1.54, 1.807) is 18.3 Å². The van der Waals surface area contributed by atoms with Crippen LogP contribution in [0.5, 0.6) is 5.75 Å². The molecule has 28 heavy (non-hydrogen) atoms. The third-order valence-electron chi connectivity index (χ3n) is 3.70. The van der Waals surface area contributed by atoms with Crippen molar-refractivity contribution in [2.24, 2.45) is 4.99 Å². The van der Waals surface area contributed by atoms with Crippen molar-refractivity contribution >= 4 is 31.6 Å². The molecule has 2 aliphatic rings. The van der Waals surface area contributed by atoms with E-state index in [9.17, 15) is 5.11 Å². The maximum atomic E-state index is 9.50. The zero-order valence-electron chi connectivity index (χ0n) is 15.8. The van der Waals surface area contributed by atoms with Crippen LogP contribution in [0, 0.1) is 0 Å². The van der Waals surface area contributed by atoms with Gasteiger partial charge in [-0.05, 0) is 49.9 Å². The molecule has 2 aromatic carbocycles. The summed E-state index contributed by atoms with van der Waals surface area (Å²) in [6.07, 6.45) is 6.77. The van der Waals surface area contributed by atoms with Gasteiger partial charge in [-0.25, -0.2) is 0 Å². The number of benzene rings is 2. The van der Waals surface area contributed by atoms with Gasteiger partial charge in [0.05, 0.1) is 5.69 Å². The van der Waals surface area contributed by atoms with Crippen molar-refractivity contribution in [3.8, 4) is 5.75 Å². The molecule has 0 spiro atoms. The summed E-state index contributed by atoms with van der Waals surface area (Å²) in [6, 6.07) is 16.7. The molecule has 0 bridgehead atoms. The third kappa shape index (κ3) is 13.2. The second-order valence-electron chi connectivity index (χ2n) is 5.86. The van der Waals surface area contributed by atoms with Crippen LogP contribution in [0.3, 0.4) is 0 Å². The molecule has 0 radical (unpaired) electrons. The average Bonchev–Trinajstić information content (AvgIpc) is 3.48. The number of hydrogen-bond acceptors (Lipinski definition) is 4. The maximum absolute atomic E-state index is 9.50. The number of aliphatic imine (C=N–C) groups is 1. The molecule has 2 aliphatic heterocycles. The SMILES string of the molecule is C1CCOC1.C1CCOC1.Oc1ccccc1C=Nc1ccccc1.[Cl][V][Cl]. The Morgan fingerprint density at radius 2 is 1.25 bits per heavy atom. The molecule has 0 aromatic heterocycles. The van der Waals surface area contributed by atoms with Crippen LogP contribution in [-0.2, 0) is 23.8 Å². The van der Waals surface area contributed by atoms with Crippen molar-refractivity contribution in [1.29, 1.82) is 0 Å². The molecule has 0 unspecified atom stereocenters. The summed E-state index contributed by atoms with van der Waals surface area (Å²) in [5.41, 5.74) is 1.60. The number of aromatic hydroxyl groups is 1. The summed E-state index contributed by atoms with van der Waals surface area (Å²) < 4.78 is 9.89. The number of hydrogen-bond donors (Lipinski definition) is 1. The van der Waals surface area contributed by atoms with Crippen LogP contribution in [0.4, 0.5) is 5.69 Å². The van der Waals surface area contributed by atoms with E-state index in [2.05, 4.69) is 4.99 Å². The summed E-state index contributed by atoms with van der Waals surface area (Å²) in [6.45, 7) is 4.00. The normalized spacial score (nSPS) is 14.8. The summed E-state index contributed by atoms with van der Waals surface area (Å²) in [5, 5.41) is 9.50. The molecule has 153 valence electrons. The number of phenolic OH excluding ortho intramolecular Hbond substituents is 1. The minimum atomic E-state index is -0.368. The number of rotatable bonds is 2. The van der Waals surface area contributed by atoms with Crippen LogP contribution in [0.25, 0.3) is 0 Å². The van der Waals surface area contributed by atoms with E-state index in [4.69, 9.17) is 29.2 Å². The van der Waals surface area contributed by atoms with E-state index < -0.39 is 0 Å². The van der Waals surface area contributed by atoms with E-state index in [0.29, 0.717) is 0 Å². The van der Waals surface area contributed by atoms with Crippen LogP contribution in [0.15, 0.2) is 59.6 Å². The minimum absolute atomic E-state index is 0.247. The zero-order chi connectivity index (χ0) is 20.3. The fourth-order valence-electron chi connectivity index (χ4n) is 2.28. The van der Waals surface area contributed by atoms with Crippen LogP contribution in [0.1, 0.15) is 31.2 Å². The van der Waals surface area contributed by atoms with Gasteiger partial charge in [-0.3, -0.25) is 4.99 Å². The van der Waals surface area contributed by atoms with E-state index in [-0.39, 0.29) is 20.1 Å². The Balaban J connectivity index is 0.000000244. The van der Waals surface area contributed by atoms with Gasteiger partial charge in [-0.15, -0.1) is 0 Å². The van der Waals surface area contributed by atoms with Crippen LogP contribution in [0.2, 0.25) is 0 Å². The van der Waals surface area contributed by atoms with Crippen molar-refractivity contribution < 1.29 is 29.0 Å². The fraction of sp³-hybridized carbons (Fsp3) is 0.381. The number of para-hydroxylation sites is 2. The molecule has 7 heteroatoms. The zero-order valence-corrected chi connectivity index (χ0v) is 18.8. The molecule has 2 saturated heterocycles. The standard InChI is InChI=1S/C13H11NO.2C4H8O.2ClH.V/c15-13-9-5-4-6-11(13)10-14-12-7-2-1-3-8-12;2*1-2-4-5-3-1;;;/h1-10,15H;2*1-4H2;2*1H;/q;;;;;+2/p-2. The molecule has 2 aromatic rings. The Labute approximate surface area is 183 Å². The Bertz CT molecular complexity index is 611. The Kier molecular flexibility index (Phi) is 16.1. The van der Waals surface area contributed by atoms with Gasteiger partial charge in [0.15, 0.2) is 0 Å². The van der Waals surface area contributed by atoms with Crippen molar-refractivity contribution in [1.82, 2.24) is 0 Å². The molecular formula is C21H27Cl2NO3V. The van der Waals surface area contributed by atoms with Gasteiger partial charge in [-0.1, -0.05) is 30.3 Å². The first-order valence-corrected chi connectivity index (χ1v) is 13.1. The number of ether oxygens (including phenoxy) is 2. The quantitative estimate of drug-likeness (QED) is 0.547. The second kappa shape index (κ2) is 18.1. The van der Waals surface area contributed by atoms with Crippen LogP contribution < -0.4 is 0 Å². The van der Waals surface area contributed by atoms with Gasteiger partial charge in [0.2, 0.25) is 0 Å². The molecule has 0 amide bonds. The molecule has 0 aliphatic carbocycles. The summed E-state index contributed by atoms with van der Waals surface area (Å²) in [7, 11) is 9.72. The first kappa shape index (κ1) is 25.0. The molecule has 1 N–H and O–H groups in total. The topological polar surface area (TPSA) is 51.0 Å². The van der Waals surface area contributed by atoms with Gasteiger partial charge in [0.1, 0.15) is 5.75 Å². The number of nitrogens with zero attached hydrogens (tertiary/aromatic N) is 1. The van der Waals surface area contributed by atoms with Gasteiger partial charge in [-0.2, -0.15) is 0 Å². The van der Waals surface area contributed by atoms with E-state index in [0.717, 1.165) is 37.7 Å². The summed E-state index contributed by atoms with van der Waals surface area (Å²) >= 11 is -0.368. The molecule has 2 fully saturated rings. The van der Waals surface area contributed by atoms with Gasteiger partial charge in [0.25, 0.3) is 0 Å². The third-order valence-corrected chi connectivity index (χ3v) is 3.70. The van der Waals surface area contributed by atoms with Crippen molar-refractivity contribution in [2.75, 3.05) is 26.4 Å². The average molecular weight is 463 g/mol. The van der Waals surface area contributed by atoms with E-state index in [1.807, 2.05) is 42.5 Å². The molecule has 2 heterocycles. The first-order valence-electron chi connectivity index (χ1n) is 9.22. The Morgan fingerprint density at radius 1 is 0.786 bits per heavy atom. The first-order chi connectivity index (χ1) is 13.8.